The molecule has 0 saturated carbocycles. The Hall–Kier alpha value is -2.17. The van der Waals surface area contributed by atoms with E-state index in [0.717, 1.165) is 36.2 Å². The van der Waals surface area contributed by atoms with Crippen LogP contribution < -0.4 is 4.74 Å². The van der Waals surface area contributed by atoms with Crippen molar-refractivity contribution < 1.29 is 28.2 Å². The van der Waals surface area contributed by atoms with E-state index in [2.05, 4.69) is 19.6 Å². The Balaban J connectivity index is 1.48. The Kier molecular flexibility index (Phi) is 7.55. The predicted octanol–water partition coefficient (Wildman–Crippen LogP) is 4.60. The number of rotatable bonds is 8. The Morgan fingerprint density at radius 3 is 2.88 bits per heavy atom. The van der Waals surface area contributed by atoms with Crippen LogP contribution in [0.3, 0.4) is 0 Å². The van der Waals surface area contributed by atoms with E-state index in [9.17, 15) is 18.7 Å². The lowest BCUT2D eigenvalue weighted by Gasteiger charge is -2.42. The van der Waals surface area contributed by atoms with Crippen molar-refractivity contribution in [2.24, 2.45) is 11.3 Å². The summed E-state index contributed by atoms with van der Waals surface area (Å²) in [4.78, 5) is 23.9. The molecule has 2 aliphatic rings. The molecule has 2 aromatic rings. The van der Waals surface area contributed by atoms with E-state index in [0.29, 0.717) is 55.6 Å². The molecule has 2 saturated heterocycles. The minimum Gasteiger partial charge on any atom is -0.481 e. The first-order chi connectivity index (χ1) is 15.8. The summed E-state index contributed by atoms with van der Waals surface area (Å²) < 4.78 is 35.6. The van der Waals surface area contributed by atoms with Crippen LogP contribution in [-0.2, 0) is 16.1 Å². The minimum absolute atomic E-state index is 0.143. The molecule has 33 heavy (non-hydrogen) atoms. The van der Waals surface area contributed by atoms with Crippen LogP contribution in [0.4, 0.5) is 8.78 Å². The van der Waals surface area contributed by atoms with Crippen molar-refractivity contribution in [3.8, 4) is 16.5 Å². The largest absolute Gasteiger partial charge is 0.481 e. The molecule has 7 nitrogen and oxygen atoms in total. The Bertz CT molecular complexity index is 967. The third-order valence-electron chi connectivity index (χ3n) is 6.48. The molecule has 1 atom stereocenters. The quantitative estimate of drug-likeness (QED) is 0.590. The van der Waals surface area contributed by atoms with Gasteiger partial charge in [-0.2, -0.15) is 8.78 Å². The van der Waals surface area contributed by atoms with Crippen LogP contribution in [0, 0.1) is 18.3 Å². The molecule has 2 aliphatic heterocycles. The Morgan fingerprint density at radius 2 is 2.15 bits per heavy atom. The lowest BCUT2D eigenvalue weighted by molar-refractivity contribution is -0.155. The zero-order chi connectivity index (χ0) is 23.4. The number of nitrogens with zero attached hydrogens (tertiary/aromatic N) is 3. The number of halogens is 2. The van der Waals surface area contributed by atoms with Gasteiger partial charge in [-0.05, 0) is 63.1 Å². The number of aryl methyl sites for hydroxylation is 1. The van der Waals surface area contributed by atoms with E-state index in [1.165, 1.54) is 17.5 Å². The number of likely N-dealkylation sites (tertiary alicyclic amines) is 1. The van der Waals surface area contributed by atoms with E-state index >= 15 is 0 Å². The molecule has 180 valence electrons. The highest BCUT2D eigenvalue weighted by atomic mass is 32.1. The van der Waals surface area contributed by atoms with Gasteiger partial charge in [-0.3, -0.25) is 9.69 Å². The molecule has 4 heterocycles. The number of carboxylic acid groups (broad SMARTS) is 1. The Morgan fingerprint density at radius 1 is 1.36 bits per heavy atom. The van der Waals surface area contributed by atoms with Gasteiger partial charge in [-0.25, -0.2) is 9.97 Å². The van der Waals surface area contributed by atoms with Crippen molar-refractivity contribution >= 4 is 17.3 Å². The number of hydrogen-bond donors (Lipinski definition) is 1. The number of pyridine rings is 1. The van der Waals surface area contributed by atoms with Crippen LogP contribution in [0.2, 0.25) is 0 Å². The molecule has 10 heteroatoms. The number of hydrogen-bond acceptors (Lipinski definition) is 7. The van der Waals surface area contributed by atoms with E-state index in [1.54, 1.807) is 12.3 Å². The standard InChI is InChI=1S/C23H29F2N3O4S/c1-15-9-18(19(26-11-15)32-22(24)25)20-27-12-17(33-20)13-28-6-2-5-23(14-28,21(29)30)10-16-3-7-31-8-4-16/h9,11-12,16,22H,2-8,10,13-14H2,1H3,(H,29,30)/t23-/m0/s1. The van der Waals surface area contributed by atoms with Crippen molar-refractivity contribution in [1.82, 2.24) is 14.9 Å². The maximum Gasteiger partial charge on any atom is 0.388 e. The second kappa shape index (κ2) is 10.4. The van der Waals surface area contributed by atoms with Crippen LogP contribution in [0.25, 0.3) is 10.6 Å². The molecule has 0 aliphatic carbocycles. The first-order valence-corrected chi connectivity index (χ1v) is 12.1. The third-order valence-corrected chi connectivity index (χ3v) is 7.50. The fraction of sp³-hybridized carbons (Fsp3) is 0.609. The summed E-state index contributed by atoms with van der Waals surface area (Å²) >= 11 is 1.39. The SMILES string of the molecule is Cc1cnc(OC(F)F)c(-c2ncc(CN3CCC[C@@](CC4CCOCC4)(C(=O)O)C3)s2)c1. The molecule has 1 N–H and O–H groups in total. The average Bonchev–Trinajstić information content (AvgIpc) is 3.24. The average molecular weight is 482 g/mol. The monoisotopic (exact) mass is 481 g/mol. The van der Waals surface area contributed by atoms with E-state index in [4.69, 9.17) is 4.74 Å². The van der Waals surface area contributed by atoms with E-state index in [-0.39, 0.29) is 5.88 Å². The molecule has 0 bridgehead atoms. The zero-order valence-electron chi connectivity index (χ0n) is 18.6. The topological polar surface area (TPSA) is 84.8 Å². The van der Waals surface area contributed by atoms with Gasteiger partial charge in [0.05, 0.1) is 11.0 Å². The summed E-state index contributed by atoms with van der Waals surface area (Å²) in [5, 5.41) is 10.7. The number of thiazole rings is 1. The molecular formula is C23H29F2N3O4S. The summed E-state index contributed by atoms with van der Waals surface area (Å²) in [6.45, 7) is 2.17. The normalized spacial score (nSPS) is 22.5. The zero-order valence-corrected chi connectivity index (χ0v) is 19.5. The molecule has 4 rings (SSSR count). The number of aromatic nitrogens is 2. The van der Waals surface area contributed by atoms with Crippen LogP contribution in [-0.4, -0.2) is 58.9 Å². The maximum atomic E-state index is 12.8. The summed E-state index contributed by atoms with van der Waals surface area (Å²) in [6, 6.07) is 1.73. The summed E-state index contributed by atoms with van der Waals surface area (Å²) in [5.74, 6) is -0.481. The van der Waals surface area contributed by atoms with Crippen molar-refractivity contribution in [3.63, 3.8) is 0 Å². The summed E-state index contributed by atoms with van der Waals surface area (Å²) in [7, 11) is 0. The second-order valence-corrected chi connectivity index (χ2v) is 10.2. The highest BCUT2D eigenvalue weighted by Crippen LogP contribution is 2.40. The van der Waals surface area contributed by atoms with Crippen molar-refractivity contribution in [3.05, 3.63) is 28.9 Å². The van der Waals surface area contributed by atoms with Crippen molar-refractivity contribution in [2.75, 3.05) is 26.3 Å². The molecule has 2 aromatic heterocycles. The third kappa shape index (κ3) is 5.85. The van der Waals surface area contributed by atoms with Gasteiger partial charge >= 0.3 is 12.6 Å². The van der Waals surface area contributed by atoms with Gasteiger partial charge < -0.3 is 14.6 Å². The number of carbonyl (C=O) groups is 1. The van der Waals surface area contributed by atoms with Crippen LogP contribution in [0.1, 0.15) is 42.5 Å². The van der Waals surface area contributed by atoms with Crippen LogP contribution in [0.15, 0.2) is 18.5 Å². The van der Waals surface area contributed by atoms with E-state index < -0.39 is 18.0 Å². The number of carboxylic acids is 1. The number of alkyl halides is 2. The first-order valence-electron chi connectivity index (χ1n) is 11.2. The minimum atomic E-state index is -2.97. The number of ether oxygens (including phenoxy) is 2. The number of piperidine rings is 1. The second-order valence-electron chi connectivity index (χ2n) is 9.04. The van der Waals surface area contributed by atoms with Gasteiger partial charge in [0.2, 0.25) is 5.88 Å². The molecule has 0 radical (unpaired) electrons. The first kappa shape index (κ1) is 24.0. The molecule has 0 spiro atoms. The predicted molar refractivity (Wildman–Crippen MR) is 119 cm³/mol. The Labute approximate surface area is 195 Å². The molecule has 0 aromatic carbocycles. The van der Waals surface area contributed by atoms with Gasteiger partial charge in [0.1, 0.15) is 5.01 Å². The highest BCUT2D eigenvalue weighted by molar-refractivity contribution is 7.15. The number of aliphatic carboxylic acids is 1. The summed E-state index contributed by atoms with van der Waals surface area (Å²) in [5.41, 5.74) is 0.510. The highest BCUT2D eigenvalue weighted by Gasteiger charge is 2.44. The van der Waals surface area contributed by atoms with E-state index in [1.807, 2.05) is 6.92 Å². The molecular weight excluding hydrogens is 452 g/mol. The van der Waals surface area contributed by atoms with Gasteiger partial charge in [-0.15, -0.1) is 11.3 Å². The maximum absolute atomic E-state index is 12.8. The van der Waals surface area contributed by atoms with Crippen LogP contribution in [0.5, 0.6) is 5.88 Å². The molecule has 0 unspecified atom stereocenters. The van der Waals surface area contributed by atoms with Crippen molar-refractivity contribution in [1.29, 1.82) is 0 Å². The fourth-order valence-corrected chi connectivity index (χ4v) is 5.87. The van der Waals surface area contributed by atoms with Crippen LogP contribution >= 0.6 is 11.3 Å². The van der Waals surface area contributed by atoms with Gasteiger partial charge in [0.25, 0.3) is 0 Å². The smallest absolute Gasteiger partial charge is 0.388 e. The lowest BCUT2D eigenvalue weighted by Crippen LogP contribution is -2.48. The lowest BCUT2D eigenvalue weighted by atomic mass is 9.72. The molecule has 0 amide bonds. The summed E-state index contributed by atoms with van der Waals surface area (Å²) in [6.07, 6.45) is 7.24. The fourth-order valence-electron chi connectivity index (χ4n) is 4.91. The van der Waals surface area contributed by atoms with Gasteiger partial charge in [0, 0.05) is 43.6 Å². The van der Waals surface area contributed by atoms with Gasteiger partial charge in [0.15, 0.2) is 0 Å². The molecule has 2 fully saturated rings. The van der Waals surface area contributed by atoms with Crippen molar-refractivity contribution in [2.45, 2.75) is 52.2 Å². The van der Waals surface area contributed by atoms with Gasteiger partial charge in [-0.1, -0.05) is 0 Å².